The molecule has 3 heterocycles. The number of halogens is 1. The minimum Gasteiger partial charge on any atom is -0.467 e. The molecule has 0 saturated carbocycles. The summed E-state index contributed by atoms with van der Waals surface area (Å²) in [4.78, 5) is 43.0. The highest BCUT2D eigenvalue weighted by Gasteiger charge is 2.34. The van der Waals surface area contributed by atoms with Crippen molar-refractivity contribution in [1.29, 1.82) is 5.26 Å². The van der Waals surface area contributed by atoms with Gasteiger partial charge in [0.25, 0.3) is 5.91 Å². The van der Waals surface area contributed by atoms with E-state index in [-0.39, 0.29) is 41.9 Å². The number of likely N-dealkylation sites (tertiary alicyclic amines) is 1. The number of rotatable bonds is 9. The summed E-state index contributed by atoms with van der Waals surface area (Å²) >= 11 is 0. The molecule has 1 atom stereocenters. The molecule has 3 amide bonds. The van der Waals surface area contributed by atoms with Gasteiger partial charge in [-0.25, -0.2) is 14.2 Å². The van der Waals surface area contributed by atoms with Crippen LogP contribution in [-0.4, -0.2) is 64.5 Å². The largest absolute Gasteiger partial charge is 0.467 e. The first kappa shape index (κ1) is 29.7. The molecule has 14 heteroatoms. The molecule has 2 aromatic heterocycles. The molecule has 0 aliphatic carbocycles. The summed E-state index contributed by atoms with van der Waals surface area (Å²) in [7, 11) is 1.41. The lowest BCUT2D eigenvalue weighted by Crippen LogP contribution is -2.42. The summed E-state index contributed by atoms with van der Waals surface area (Å²) in [6.45, 7) is 0.0809. The fraction of sp³-hybridized carbons (Fsp3) is 0.200. The lowest BCUT2D eigenvalue weighted by Gasteiger charge is -2.21. The number of aromatic nitrogens is 2. The number of ether oxygens (including phenoxy) is 2. The zero-order valence-electron chi connectivity index (χ0n) is 23.2. The van der Waals surface area contributed by atoms with Gasteiger partial charge in [-0.2, -0.15) is 5.26 Å². The summed E-state index contributed by atoms with van der Waals surface area (Å²) in [6.07, 6.45) is 1.07. The Morgan fingerprint density at radius 3 is 2.73 bits per heavy atom. The maximum Gasteiger partial charge on any atom is 0.407 e. The molecule has 0 spiro atoms. The van der Waals surface area contributed by atoms with E-state index in [9.17, 15) is 29.1 Å². The maximum atomic E-state index is 14.2. The van der Waals surface area contributed by atoms with E-state index < -0.39 is 29.8 Å². The van der Waals surface area contributed by atoms with E-state index in [2.05, 4.69) is 26.8 Å². The third-order valence-electron chi connectivity index (χ3n) is 6.82. The molecular weight excluding hydrogens is 575 g/mol. The van der Waals surface area contributed by atoms with Crippen LogP contribution in [0.2, 0.25) is 0 Å². The van der Waals surface area contributed by atoms with Crippen molar-refractivity contribution in [2.24, 2.45) is 0 Å². The second kappa shape index (κ2) is 13.0. The van der Waals surface area contributed by atoms with Gasteiger partial charge >= 0.3 is 6.09 Å². The molecule has 2 aromatic carbocycles. The van der Waals surface area contributed by atoms with Crippen LogP contribution in [0.1, 0.15) is 29.0 Å². The first-order valence-electron chi connectivity index (χ1n) is 13.3. The van der Waals surface area contributed by atoms with E-state index in [0.717, 1.165) is 11.0 Å². The van der Waals surface area contributed by atoms with E-state index in [0.29, 0.717) is 35.2 Å². The molecule has 44 heavy (non-hydrogen) atoms. The van der Waals surface area contributed by atoms with Crippen LogP contribution < -0.4 is 15.4 Å². The number of anilines is 2. The average Bonchev–Trinajstić information content (AvgIpc) is 3.73. The number of benzene rings is 2. The van der Waals surface area contributed by atoms with Gasteiger partial charge in [0.2, 0.25) is 11.7 Å². The van der Waals surface area contributed by atoms with Gasteiger partial charge in [0.1, 0.15) is 29.2 Å². The highest BCUT2D eigenvalue weighted by atomic mass is 19.1. The second-order valence-electron chi connectivity index (χ2n) is 9.62. The Bertz CT molecular complexity index is 1760. The van der Waals surface area contributed by atoms with Crippen molar-refractivity contribution in [2.45, 2.75) is 18.9 Å². The summed E-state index contributed by atoms with van der Waals surface area (Å²) in [6, 6.07) is 14.5. The average molecular weight is 601 g/mol. The fourth-order valence-corrected chi connectivity index (χ4v) is 4.82. The zero-order chi connectivity index (χ0) is 31.2. The van der Waals surface area contributed by atoms with Crippen LogP contribution in [-0.2, 0) is 9.53 Å². The molecule has 0 bridgehead atoms. The first-order chi connectivity index (χ1) is 21.3. The van der Waals surface area contributed by atoms with E-state index >= 15 is 0 Å². The Morgan fingerprint density at radius 1 is 1.16 bits per heavy atom. The van der Waals surface area contributed by atoms with E-state index in [4.69, 9.17) is 14.0 Å². The highest BCUT2D eigenvalue weighted by Crippen LogP contribution is 2.37. The van der Waals surface area contributed by atoms with Crippen molar-refractivity contribution < 1.29 is 37.9 Å². The van der Waals surface area contributed by atoms with E-state index in [1.54, 1.807) is 30.3 Å². The van der Waals surface area contributed by atoms with Gasteiger partial charge in [-0.1, -0.05) is 17.3 Å². The quantitative estimate of drug-likeness (QED) is 0.227. The fourth-order valence-electron chi connectivity index (χ4n) is 4.82. The molecule has 1 fully saturated rings. The predicted octanol–water partition coefficient (Wildman–Crippen LogP) is 4.73. The van der Waals surface area contributed by atoms with Gasteiger partial charge in [0, 0.05) is 42.6 Å². The number of nitrogens with one attached hydrogen (secondary N) is 2. The van der Waals surface area contributed by atoms with Crippen LogP contribution in [0, 0.1) is 17.1 Å². The number of pyridine rings is 1. The van der Waals surface area contributed by atoms with E-state index in [1.807, 2.05) is 0 Å². The van der Waals surface area contributed by atoms with Gasteiger partial charge in [0.15, 0.2) is 12.6 Å². The van der Waals surface area contributed by atoms with Gasteiger partial charge in [-0.3, -0.25) is 14.5 Å². The first-order valence-corrected chi connectivity index (χ1v) is 13.3. The van der Waals surface area contributed by atoms with Gasteiger partial charge < -0.3 is 29.7 Å². The Balaban J connectivity index is 1.59. The summed E-state index contributed by atoms with van der Waals surface area (Å²) in [5.41, 5.74) is 1.67. The maximum absolute atomic E-state index is 14.2. The smallest absolute Gasteiger partial charge is 0.407 e. The van der Waals surface area contributed by atoms with Crippen LogP contribution in [0.15, 0.2) is 65.3 Å². The van der Waals surface area contributed by atoms with Crippen LogP contribution in [0.25, 0.3) is 22.4 Å². The minimum atomic E-state index is -1.17. The highest BCUT2D eigenvalue weighted by molar-refractivity contribution is 6.03. The Kier molecular flexibility index (Phi) is 8.77. The number of nitriles is 1. The number of carbonyl (C=O) groups excluding carboxylic acids is 2. The van der Waals surface area contributed by atoms with Crippen molar-refractivity contribution in [2.75, 3.05) is 31.1 Å². The molecule has 3 N–H and O–H groups in total. The topological polar surface area (TPSA) is 180 Å². The third-order valence-corrected chi connectivity index (χ3v) is 6.82. The Morgan fingerprint density at radius 2 is 2.00 bits per heavy atom. The van der Waals surface area contributed by atoms with Crippen molar-refractivity contribution in [3.63, 3.8) is 0 Å². The van der Waals surface area contributed by atoms with Gasteiger partial charge in [-0.05, 0) is 48.7 Å². The molecule has 1 aliphatic rings. The predicted molar refractivity (Wildman–Crippen MR) is 153 cm³/mol. The van der Waals surface area contributed by atoms with Crippen LogP contribution in [0.3, 0.4) is 0 Å². The Hall–Kier alpha value is -5.81. The van der Waals surface area contributed by atoms with Crippen LogP contribution in [0.4, 0.5) is 20.7 Å². The second-order valence-corrected chi connectivity index (χ2v) is 9.62. The number of carbonyl (C=O) groups is 3. The number of methoxy groups -OCH3 is 1. The van der Waals surface area contributed by atoms with Crippen LogP contribution >= 0.6 is 0 Å². The monoisotopic (exact) mass is 600 g/mol. The van der Waals surface area contributed by atoms with Crippen molar-refractivity contribution in [3.05, 3.63) is 77.9 Å². The SMILES string of the molecule is COCOc1cc(F)ccc1-c1cc(-c2cccc(NC(=O)[C@H]3CCCN3C(=O)O)c2)c(C#N)c(NC(=O)c2ccno2)n1. The van der Waals surface area contributed by atoms with Crippen LogP contribution in [0.5, 0.6) is 5.75 Å². The molecule has 224 valence electrons. The number of amides is 3. The van der Waals surface area contributed by atoms with Crippen molar-refractivity contribution >= 4 is 29.4 Å². The lowest BCUT2D eigenvalue weighted by molar-refractivity contribution is -0.119. The lowest BCUT2D eigenvalue weighted by atomic mass is 9.97. The molecule has 1 aliphatic heterocycles. The number of nitrogens with zero attached hydrogens (tertiary/aromatic N) is 4. The summed E-state index contributed by atoms with van der Waals surface area (Å²) in [5.74, 6) is -1.92. The molecule has 4 aromatic rings. The van der Waals surface area contributed by atoms with Gasteiger partial charge in [-0.15, -0.1) is 0 Å². The normalized spacial score (nSPS) is 14.1. The molecule has 0 radical (unpaired) electrons. The number of hydrogen-bond acceptors (Lipinski definition) is 9. The summed E-state index contributed by atoms with van der Waals surface area (Å²) in [5, 5.41) is 28.5. The molecule has 1 saturated heterocycles. The molecule has 5 rings (SSSR count). The summed E-state index contributed by atoms with van der Waals surface area (Å²) < 4.78 is 29.6. The van der Waals surface area contributed by atoms with E-state index in [1.165, 1.54) is 31.5 Å². The Labute approximate surface area is 249 Å². The zero-order valence-corrected chi connectivity index (χ0v) is 23.2. The number of hydrogen-bond donors (Lipinski definition) is 3. The molecule has 0 unspecified atom stereocenters. The van der Waals surface area contributed by atoms with Gasteiger partial charge in [0.05, 0.1) is 11.9 Å². The number of carboxylic acid groups (broad SMARTS) is 1. The standard InChI is InChI=1S/C30H25FN6O7/c1-42-16-43-26-13-18(31)7-8-20(26)23-14-21(22(15-32)27(35-23)36-29(39)25-9-10-33-44-25)17-4-2-5-19(12-17)34-28(38)24-6-3-11-37(24)30(40)41/h2,4-5,7-10,12-14,24H,3,6,11,16H2,1H3,(H,34,38)(H,40,41)(H,35,36,39)/t24-/m1/s1. The third kappa shape index (κ3) is 6.32. The minimum absolute atomic E-state index is 0.0144. The molecular formula is C30H25FN6O7. The van der Waals surface area contributed by atoms with Crippen molar-refractivity contribution in [1.82, 2.24) is 15.0 Å². The van der Waals surface area contributed by atoms with Crippen molar-refractivity contribution in [3.8, 4) is 34.2 Å². The molecule has 13 nitrogen and oxygen atoms in total.